The highest BCUT2D eigenvalue weighted by atomic mass is 32.2. The van der Waals surface area contributed by atoms with Gasteiger partial charge in [0.1, 0.15) is 5.82 Å². The highest BCUT2D eigenvalue weighted by molar-refractivity contribution is 7.92. The molecule has 0 atom stereocenters. The summed E-state index contributed by atoms with van der Waals surface area (Å²) in [5, 5.41) is 8.86. The van der Waals surface area contributed by atoms with Crippen LogP contribution in [0.15, 0.2) is 18.3 Å². The summed E-state index contributed by atoms with van der Waals surface area (Å²) in [4.78, 5) is 14.7. The van der Waals surface area contributed by atoms with Crippen LogP contribution in [0.3, 0.4) is 0 Å². The van der Waals surface area contributed by atoms with Gasteiger partial charge >= 0.3 is 5.97 Å². The second kappa shape index (κ2) is 6.21. The van der Waals surface area contributed by atoms with Gasteiger partial charge in [-0.05, 0) is 30.9 Å². The second-order valence-corrected chi connectivity index (χ2v) is 6.89. The van der Waals surface area contributed by atoms with Gasteiger partial charge in [0.05, 0.1) is 11.3 Å². The lowest BCUT2D eigenvalue weighted by atomic mass is 9.91. The zero-order chi connectivity index (χ0) is 14.6. The third-order valence-corrected chi connectivity index (χ3v) is 4.88. The van der Waals surface area contributed by atoms with E-state index < -0.39 is 16.0 Å². The Balaban J connectivity index is 2.03. The van der Waals surface area contributed by atoms with Gasteiger partial charge in [-0.25, -0.2) is 18.2 Å². The van der Waals surface area contributed by atoms with Crippen LogP contribution in [-0.2, 0) is 10.0 Å². The molecule has 0 unspecified atom stereocenters. The molecular weight excluding hydrogens is 280 g/mol. The minimum Gasteiger partial charge on any atom is -0.478 e. The lowest BCUT2D eigenvalue weighted by Crippen LogP contribution is -2.24. The first-order valence-corrected chi connectivity index (χ1v) is 8.31. The number of nitrogens with one attached hydrogen (secondary N) is 1. The Labute approximate surface area is 118 Å². The van der Waals surface area contributed by atoms with Crippen LogP contribution < -0.4 is 4.72 Å². The number of nitrogens with zero attached hydrogens (tertiary/aromatic N) is 1. The van der Waals surface area contributed by atoms with Crippen LogP contribution >= 0.6 is 0 Å². The van der Waals surface area contributed by atoms with E-state index in [1.807, 2.05) is 0 Å². The molecule has 0 bridgehead atoms. The molecule has 1 aromatic heterocycles. The Bertz CT molecular complexity index is 580. The first-order chi connectivity index (χ1) is 9.46. The van der Waals surface area contributed by atoms with Crippen LogP contribution in [0.4, 0.5) is 5.82 Å². The standard InChI is InChI=1S/C13H18N2O4S/c16-13(17)11-6-7-14-12(8-11)15-20(18,19)9-10-4-2-1-3-5-10/h6-8,10H,1-5,9H2,(H,14,15)(H,16,17). The van der Waals surface area contributed by atoms with Gasteiger partial charge in [0.25, 0.3) is 0 Å². The fourth-order valence-corrected chi connectivity index (χ4v) is 3.95. The van der Waals surface area contributed by atoms with Gasteiger partial charge in [-0.3, -0.25) is 4.72 Å². The number of hydrogen-bond donors (Lipinski definition) is 2. The summed E-state index contributed by atoms with van der Waals surface area (Å²) in [5.74, 6) is -0.795. The third-order valence-electron chi connectivity index (χ3n) is 3.45. The normalized spacial score (nSPS) is 16.8. The number of pyridine rings is 1. The van der Waals surface area contributed by atoms with E-state index in [0.717, 1.165) is 25.7 Å². The van der Waals surface area contributed by atoms with E-state index in [-0.39, 0.29) is 23.1 Å². The Kier molecular flexibility index (Phi) is 4.59. The summed E-state index contributed by atoms with van der Waals surface area (Å²) in [6, 6.07) is 2.54. The fraction of sp³-hybridized carbons (Fsp3) is 0.538. The van der Waals surface area contributed by atoms with E-state index in [1.165, 1.54) is 24.8 Å². The summed E-state index contributed by atoms with van der Waals surface area (Å²) < 4.78 is 26.5. The van der Waals surface area contributed by atoms with Gasteiger partial charge in [-0.15, -0.1) is 0 Å². The summed E-state index contributed by atoms with van der Waals surface area (Å²) in [5.41, 5.74) is 0.00960. The highest BCUT2D eigenvalue weighted by Crippen LogP contribution is 2.25. The number of anilines is 1. The monoisotopic (exact) mass is 298 g/mol. The molecule has 1 aliphatic rings. The minimum absolute atomic E-state index is 0.00960. The largest absolute Gasteiger partial charge is 0.478 e. The molecule has 1 aromatic rings. The van der Waals surface area contributed by atoms with Gasteiger partial charge < -0.3 is 5.11 Å². The Morgan fingerprint density at radius 2 is 2.05 bits per heavy atom. The molecule has 20 heavy (non-hydrogen) atoms. The van der Waals surface area contributed by atoms with Crippen molar-refractivity contribution in [1.82, 2.24) is 4.98 Å². The molecule has 2 N–H and O–H groups in total. The molecule has 0 amide bonds. The van der Waals surface area contributed by atoms with Crippen LogP contribution in [0.25, 0.3) is 0 Å². The van der Waals surface area contributed by atoms with Gasteiger partial charge in [0.2, 0.25) is 10.0 Å². The van der Waals surface area contributed by atoms with Gasteiger partial charge in [0, 0.05) is 6.20 Å². The second-order valence-electron chi connectivity index (χ2n) is 5.12. The number of hydrogen-bond acceptors (Lipinski definition) is 4. The lowest BCUT2D eigenvalue weighted by Gasteiger charge is -2.21. The Hall–Kier alpha value is -1.63. The van der Waals surface area contributed by atoms with E-state index in [1.54, 1.807) is 0 Å². The van der Waals surface area contributed by atoms with Gasteiger partial charge in [-0.1, -0.05) is 19.3 Å². The average Bonchev–Trinajstić information content (AvgIpc) is 2.39. The molecule has 2 rings (SSSR count). The van der Waals surface area contributed by atoms with Crippen molar-refractivity contribution in [3.8, 4) is 0 Å². The van der Waals surface area contributed by atoms with Gasteiger partial charge in [-0.2, -0.15) is 0 Å². The molecule has 0 saturated heterocycles. The molecule has 6 nitrogen and oxygen atoms in total. The number of sulfonamides is 1. The zero-order valence-corrected chi connectivity index (χ0v) is 11.9. The maximum Gasteiger partial charge on any atom is 0.335 e. The van der Waals surface area contributed by atoms with E-state index in [9.17, 15) is 13.2 Å². The molecule has 1 heterocycles. The molecule has 1 saturated carbocycles. The van der Waals surface area contributed by atoms with Crippen molar-refractivity contribution < 1.29 is 18.3 Å². The van der Waals surface area contributed by atoms with Crippen LogP contribution in [-0.4, -0.2) is 30.2 Å². The quantitative estimate of drug-likeness (QED) is 0.867. The highest BCUT2D eigenvalue weighted by Gasteiger charge is 2.21. The smallest absolute Gasteiger partial charge is 0.335 e. The zero-order valence-electron chi connectivity index (χ0n) is 11.1. The number of carboxylic acid groups (broad SMARTS) is 1. The van der Waals surface area contributed by atoms with Crippen molar-refractivity contribution in [3.63, 3.8) is 0 Å². The molecule has 7 heteroatoms. The topological polar surface area (TPSA) is 96.4 Å². The maximum absolute atomic E-state index is 12.1. The first kappa shape index (κ1) is 14.8. The number of carboxylic acids is 1. The van der Waals surface area contributed by atoms with Crippen LogP contribution in [0, 0.1) is 5.92 Å². The summed E-state index contributed by atoms with van der Waals surface area (Å²) in [6.07, 6.45) is 6.47. The molecular formula is C13H18N2O4S. The number of aromatic carboxylic acids is 1. The Morgan fingerprint density at radius 3 is 2.70 bits per heavy atom. The lowest BCUT2D eigenvalue weighted by molar-refractivity contribution is 0.0697. The van der Waals surface area contributed by atoms with Crippen molar-refractivity contribution >= 4 is 21.8 Å². The summed E-state index contributed by atoms with van der Waals surface area (Å²) in [7, 11) is -3.48. The average molecular weight is 298 g/mol. The van der Waals surface area contributed by atoms with Crippen molar-refractivity contribution in [2.45, 2.75) is 32.1 Å². The van der Waals surface area contributed by atoms with Gasteiger partial charge in [0.15, 0.2) is 0 Å². The van der Waals surface area contributed by atoms with E-state index in [0.29, 0.717) is 0 Å². The van der Waals surface area contributed by atoms with Crippen molar-refractivity contribution in [2.75, 3.05) is 10.5 Å². The Morgan fingerprint density at radius 1 is 1.35 bits per heavy atom. The first-order valence-electron chi connectivity index (χ1n) is 6.66. The maximum atomic E-state index is 12.1. The molecule has 0 aliphatic heterocycles. The van der Waals surface area contributed by atoms with Crippen LogP contribution in [0.5, 0.6) is 0 Å². The van der Waals surface area contributed by atoms with E-state index in [4.69, 9.17) is 5.11 Å². The predicted molar refractivity (Wildman–Crippen MR) is 75.2 cm³/mol. The molecule has 1 aliphatic carbocycles. The van der Waals surface area contributed by atoms with E-state index in [2.05, 4.69) is 9.71 Å². The molecule has 1 fully saturated rings. The van der Waals surface area contributed by atoms with Crippen molar-refractivity contribution in [3.05, 3.63) is 23.9 Å². The van der Waals surface area contributed by atoms with Crippen LogP contribution in [0.1, 0.15) is 42.5 Å². The van der Waals surface area contributed by atoms with Crippen molar-refractivity contribution in [2.24, 2.45) is 5.92 Å². The summed E-state index contributed by atoms with van der Waals surface area (Å²) >= 11 is 0. The number of rotatable bonds is 5. The predicted octanol–water partition coefficient (Wildman–Crippen LogP) is 2.10. The van der Waals surface area contributed by atoms with Crippen molar-refractivity contribution in [1.29, 1.82) is 0 Å². The molecule has 0 radical (unpaired) electrons. The third kappa shape index (κ3) is 4.19. The fourth-order valence-electron chi connectivity index (χ4n) is 2.48. The minimum atomic E-state index is -3.48. The molecule has 0 spiro atoms. The molecule has 0 aromatic carbocycles. The SMILES string of the molecule is O=C(O)c1ccnc(NS(=O)(=O)CC2CCCCC2)c1. The summed E-state index contributed by atoms with van der Waals surface area (Å²) in [6.45, 7) is 0. The number of aromatic nitrogens is 1. The molecule has 110 valence electrons. The van der Waals surface area contributed by atoms with Crippen LogP contribution in [0.2, 0.25) is 0 Å². The van der Waals surface area contributed by atoms with E-state index >= 15 is 0 Å². The number of carbonyl (C=O) groups is 1.